The van der Waals surface area contributed by atoms with Crippen molar-refractivity contribution in [3.05, 3.63) is 54.1 Å². The summed E-state index contributed by atoms with van der Waals surface area (Å²) in [6.45, 7) is 0.623. The van der Waals surface area contributed by atoms with E-state index in [1.807, 2.05) is 0 Å². The first-order valence-corrected chi connectivity index (χ1v) is 11.0. The van der Waals surface area contributed by atoms with E-state index in [9.17, 15) is 22.2 Å². The van der Waals surface area contributed by atoms with Crippen LogP contribution in [0.15, 0.2) is 41.1 Å². The molecular weight excluding hydrogens is 449 g/mol. The van der Waals surface area contributed by atoms with Crippen LogP contribution in [0.25, 0.3) is 11.6 Å². The van der Waals surface area contributed by atoms with Gasteiger partial charge in [-0.15, -0.1) is 10.2 Å². The van der Waals surface area contributed by atoms with E-state index in [4.69, 9.17) is 4.42 Å². The Bertz CT molecular complexity index is 1120. The molecule has 2 amide bonds. The molecule has 13 heteroatoms. The standard InChI is InChI=1S/C19H17F3N6O3S/c20-12-2-1-3-14(8-12)28(19(29)27-4-6-32(30)7-5-27)11-13-9-24-15(10-23-13)17-25-26-18(31-17)16(21)22/h1-3,8-10,16H,4-7,11H2. The van der Waals surface area contributed by atoms with Gasteiger partial charge in [-0.05, 0) is 18.2 Å². The number of hydrogen-bond acceptors (Lipinski definition) is 7. The zero-order valence-corrected chi connectivity index (χ0v) is 17.3. The molecule has 1 saturated heterocycles. The van der Waals surface area contributed by atoms with Crippen LogP contribution < -0.4 is 4.90 Å². The van der Waals surface area contributed by atoms with Gasteiger partial charge < -0.3 is 9.32 Å². The highest BCUT2D eigenvalue weighted by Gasteiger charge is 2.27. The van der Waals surface area contributed by atoms with Gasteiger partial charge in [-0.3, -0.25) is 14.1 Å². The number of alkyl halides is 2. The highest BCUT2D eigenvalue weighted by atomic mass is 32.2. The molecule has 1 aliphatic heterocycles. The number of benzene rings is 1. The van der Waals surface area contributed by atoms with Crippen molar-refractivity contribution >= 4 is 22.5 Å². The summed E-state index contributed by atoms with van der Waals surface area (Å²) < 4.78 is 55.6. The first kappa shape index (κ1) is 21.9. The number of hydrogen-bond donors (Lipinski definition) is 0. The van der Waals surface area contributed by atoms with Gasteiger partial charge in [0.25, 0.3) is 11.8 Å². The van der Waals surface area contributed by atoms with E-state index >= 15 is 0 Å². The number of amides is 2. The van der Waals surface area contributed by atoms with E-state index in [2.05, 4.69) is 20.2 Å². The monoisotopic (exact) mass is 466 g/mol. The molecule has 9 nitrogen and oxygen atoms in total. The Balaban J connectivity index is 1.56. The van der Waals surface area contributed by atoms with Gasteiger partial charge in [0, 0.05) is 41.1 Å². The first-order chi connectivity index (χ1) is 15.4. The predicted octanol–water partition coefficient (Wildman–Crippen LogP) is 2.79. The van der Waals surface area contributed by atoms with Gasteiger partial charge in [-0.25, -0.2) is 14.2 Å². The normalized spacial score (nSPS) is 14.7. The number of rotatable bonds is 5. The maximum Gasteiger partial charge on any atom is 0.324 e. The van der Waals surface area contributed by atoms with Crippen molar-refractivity contribution in [2.45, 2.75) is 13.0 Å². The number of urea groups is 1. The minimum absolute atomic E-state index is 0.0265. The summed E-state index contributed by atoms with van der Waals surface area (Å²) in [5.41, 5.74) is 0.780. The maximum atomic E-state index is 13.8. The fourth-order valence-corrected chi connectivity index (χ4v) is 4.10. The maximum absolute atomic E-state index is 13.8. The average molecular weight is 466 g/mol. The van der Waals surface area contributed by atoms with Gasteiger partial charge in [0.15, 0.2) is 0 Å². The number of carbonyl (C=O) groups excluding carboxylic acids is 1. The molecule has 0 N–H and O–H groups in total. The molecule has 0 unspecified atom stereocenters. The van der Waals surface area contributed by atoms with Gasteiger partial charge in [-0.1, -0.05) is 6.07 Å². The zero-order chi connectivity index (χ0) is 22.7. The van der Waals surface area contributed by atoms with Crippen LogP contribution in [0.5, 0.6) is 0 Å². The molecule has 0 saturated carbocycles. The quantitative estimate of drug-likeness (QED) is 0.569. The number of anilines is 1. The molecule has 168 valence electrons. The summed E-state index contributed by atoms with van der Waals surface area (Å²) in [5.74, 6) is -0.785. The van der Waals surface area contributed by atoms with E-state index < -0.39 is 28.9 Å². The SMILES string of the molecule is O=C(N1CCS(=O)CC1)N(Cc1cnc(-c2nnc(C(F)F)o2)cn1)c1cccc(F)c1. The van der Waals surface area contributed by atoms with Crippen molar-refractivity contribution in [2.24, 2.45) is 0 Å². The lowest BCUT2D eigenvalue weighted by Gasteiger charge is -2.32. The Hall–Kier alpha value is -3.35. The van der Waals surface area contributed by atoms with E-state index in [1.54, 1.807) is 11.0 Å². The van der Waals surface area contributed by atoms with Crippen molar-refractivity contribution in [2.75, 3.05) is 29.5 Å². The lowest BCUT2D eigenvalue weighted by Crippen LogP contribution is -2.48. The van der Waals surface area contributed by atoms with Crippen LogP contribution in [0.4, 0.5) is 23.7 Å². The molecule has 32 heavy (non-hydrogen) atoms. The topological polar surface area (TPSA) is 105 Å². The summed E-state index contributed by atoms with van der Waals surface area (Å²) in [5, 5.41) is 6.76. The molecular formula is C19H17F3N6O3S. The zero-order valence-electron chi connectivity index (χ0n) is 16.5. The van der Waals surface area contributed by atoms with Gasteiger partial charge in [-0.2, -0.15) is 8.78 Å². The molecule has 0 aliphatic carbocycles. The Labute approximate surface area is 182 Å². The van der Waals surface area contributed by atoms with Crippen molar-refractivity contribution in [3.8, 4) is 11.6 Å². The van der Waals surface area contributed by atoms with Crippen molar-refractivity contribution in [1.82, 2.24) is 25.1 Å². The second-order valence-electron chi connectivity index (χ2n) is 6.82. The highest BCUT2D eigenvalue weighted by molar-refractivity contribution is 7.85. The molecule has 1 fully saturated rings. The second kappa shape index (κ2) is 9.42. The van der Waals surface area contributed by atoms with E-state index in [-0.39, 0.29) is 24.2 Å². The highest BCUT2D eigenvalue weighted by Crippen LogP contribution is 2.23. The molecule has 4 rings (SSSR count). The molecule has 0 radical (unpaired) electrons. The van der Waals surface area contributed by atoms with Crippen LogP contribution in [0.2, 0.25) is 0 Å². The minimum Gasteiger partial charge on any atom is -0.414 e. The van der Waals surface area contributed by atoms with Crippen molar-refractivity contribution in [3.63, 3.8) is 0 Å². The van der Waals surface area contributed by atoms with Crippen LogP contribution in [0, 0.1) is 5.82 Å². The van der Waals surface area contributed by atoms with E-state index in [0.29, 0.717) is 36.0 Å². The third-order valence-corrected chi connectivity index (χ3v) is 5.95. The average Bonchev–Trinajstić information content (AvgIpc) is 3.29. The minimum atomic E-state index is -2.90. The Morgan fingerprint density at radius 2 is 1.97 bits per heavy atom. The van der Waals surface area contributed by atoms with Crippen LogP contribution >= 0.6 is 0 Å². The molecule has 1 aliphatic rings. The van der Waals surface area contributed by atoms with Crippen molar-refractivity contribution < 1.29 is 26.6 Å². The van der Waals surface area contributed by atoms with Gasteiger partial charge >= 0.3 is 12.5 Å². The Morgan fingerprint density at radius 1 is 1.19 bits per heavy atom. The number of aromatic nitrogens is 4. The summed E-state index contributed by atoms with van der Waals surface area (Å²) in [4.78, 5) is 24.4. The summed E-state index contributed by atoms with van der Waals surface area (Å²) >= 11 is 0. The number of halogens is 3. The first-order valence-electron chi connectivity index (χ1n) is 9.50. The second-order valence-corrected chi connectivity index (χ2v) is 8.52. The fourth-order valence-electron chi connectivity index (χ4n) is 3.05. The molecule has 0 bridgehead atoms. The van der Waals surface area contributed by atoms with Crippen LogP contribution in [-0.2, 0) is 17.3 Å². The molecule has 1 aromatic carbocycles. The lowest BCUT2D eigenvalue weighted by molar-refractivity contribution is 0.116. The molecule has 2 aromatic heterocycles. The third-order valence-electron chi connectivity index (χ3n) is 4.67. The fraction of sp³-hybridized carbons (Fsp3) is 0.316. The van der Waals surface area contributed by atoms with Crippen molar-refractivity contribution in [1.29, 1.82) is 0 Å². The van der Waals surface area contributed by atoms with Crippen LogP contribution in [-0.4, -0.2) is 59.9 Å². The summed E-state index contributed by atoms with van der Waals surface area (Å²) in [6, 6.07) is 5.20. The Kier molecular flexibility index (Phi) is 6.44. The van der Waals surface area contributed by atoms with Crippen LogP contribution in [0.3, 0.4) is 0 Å². The van der Waals surface area contributed by atoms with E-state index in [1.165, 1.54) is 35.5 Å². The van der Waals surface area contributed by atoms with Gasteiger partial charge in [0.1, 0.15) is 11.5 Å². The van der Waals surface area contributed by atoms with Gasteiger partial charge in [0.2, 0.25) is 0 Å². The number of carbonyl (C=O) groups is 1. The summed E-state index contributed by atoms with van der Waals surface area (Å²) in [6.07, 6.45) is -0.301. The predicted molar refractivity (Wildman–Crippen MR) is 108 cm³/mol. The van der Waals surface area contributed by atoms with Gasteiger partial charge in [0.05, 0.1) is 24.6 Å². The third kappa shape index (κ3) is 4.93. The lowest BCUT2D eigenvalue weighted by atomic mass is 10.2. The molecule has 3 heterocycles. The molecule has 0 atom stereocenters. The van der Waals surface area contributed by atoms with Crippen LogP contribution in [0.1, 0.15) is 18.0 Å². The largest absolute Gasteiger partial charge is 0.414 e. The summed E-state index contributed by atoms with van der Waals surface area (Å²) in [7, 11) is -0.961. The molecule has 0 spiro atoms. The van der Waals surface area contributed by atoms with E-state index in [0.717, 1.165) is 0 Å². The Morgan fingerprint density at radius 3 is 2.59 bits per heavy atom. The smallest absolute Gasteiger partial charge is 0.324 e. The molecule has 3 aromatic rings. The number of nitrogens with zero attached hydrogens (tertiary/aromatic N) is 6.